The summed E-state index contributed by atoms with van der Waals surface area (Å²) in [6.45, 7) is 10.5. The molecule has 2 rings (SSSR count). The second-order valence-electron chi connectivity index (χ2n) is 6.10. The monoisotopic (exact) mass is 277 g/mol. The average molecular weight is 277 g/mol. The third kappa shape index (κ3) is 3.93. The second kappa shape index (κ2) is 7.04. The van der Waals surface area contributed by atoms with Crippen LogP contribution in [-0.4, -0.2) is 40.7 Å². The highest BCUT2D eigenvalue weighted by Crippen LogP contribution is 2.18. The van der Waals surface area contributed by atoms with Crippen LogP contribution in [0.3, 0.4) is 0 Å². The summed E-state index contributed by atoms with van der Waals surface area (Å²) in [5.74, 6) is 0.921. The Morgan fingerprint density at radius 2 is 2.00 bits per heavy atom. The van der Waals surface area contributed by atoms with Crippen LogP contribution in [-0.2, 0) is 6.54 Å². The van der Waals surface area contributed by atoms with Gasteiger partial charge >= 0.3 is 0 Å². The summed E-state index contributed by atoms with van der Waals surface area (Å²) in [5.41, 5.74) is 1.69. The highest BCUT2D eigenvalue weighted by Gasteiger charge is 2.24. The number of nitrogens with zero attached hydrogens (tertiary/aromatic N) is 2. The first-order chi connectivity index (χ1) is 9.58. The first kappa shape index (κ1) is 15.3. The molecule has 1 aromatic heterocycles. The van der Waals surface area contributed by atoms with Crippen LogP contribution in [0.5, 0.6) is 5.75 Å². The number of aromatic nitrogens is 1. The summed E-state index contributed by atoms with van der Waals surface area (Å²) in [5, 5.41) is 13.3. The number of hydrogen-bond acceptors (Lipinski definition) is 4. The van der Waals surface area contributed by atoms with Gasteiger partial charge in [0.15, 0.2) is 0 Å². The smallest absolute Gasteiger partial charge is 0.138 e. The zero-order chi connectivity index (χ0) is 14.5. The quantitative estimate of drug-likeness (QED) is 0.838. The molecule has 4 heteroatoms. The molecular weight excluding hydrogens is 250 g/mol. The molecule has 1 aliphatic rings. The van der Waals surface area contributed by atoms with Crippen LogP contribution >= 0.6 is 0 Å². The van der Waals surface area contributed by atoms with E-state index in [2.05, 4.69) is 29.0 Å². The van der Waals surface area contributed by atoms with E-state index in [0.29, 0.717) is 18.5 Å². The molecule has 4 nitrogen and oxygen atoms in total. The molecule has 0 aromatic carbocycles. The fourth-order valence-corrected chi connectivity index (χ4v) is 2.93. The predicted molar refractivity (Wildman–Crippen MR) is 81.8 cm³/mol. The van der Waals surface area contributed by atoms with Crippen molar-refractivity contribution in [2.75, 3.05) is 19.6 Å². The number of hydrogen-bond donors (Lipinski definition) is 2. The molecule has 0 radical (unpaired) electrons. The topological polar surface area (TPSA) is 48.4 Å². The van der Waals surface area contributed by atoms with Crippen molar-refractivity contribution in [2.24, 2.45) is 5.92 Å². The minimum Gasteiger partial charge on any atom is -0.506 e. The zero-order valence-electron chi connectivity index (χ0n) is 12.9. The van der Waals surface area contributed by atoms with E-state index in [9.17, 15) is 5.11 Å². The third-order valence-corrected chi connectivity index (χ3v) is 4.11. The van der Waals surface area contributed by atoms with Gasteiger partial charge in [-0.15, -0.1) is 0 Å². The molecule has 0 amide bonds. The van der Waals surface area contributed by atoms with E-state index < -0.39 is 0 Å². The van der Waals surface area contributed by atoms with Crippen LogP contribution < -0.4 is 5.32 Å². The molecule has 1 saturated heterocycles. The van der Waals surface area contributed by atoms with Crippen molar-refractivity contribution in [3.8, 4) is 5.75 Å². The Bertz CT molecular complexity index is 428. The Balaban J connectivity index is 1.88. The summed E-state index contributed by atoms with van der Waals surface area (Å²) in [4.78, 5) is 6.97. The first-order valence-corrected chi connectivity index (χ1v) is 7.68. The molecular formula is C16H27N3O. The molecule has 1 fully saturated rings. The second-order valence-corrected chi connectivity index (χ2v) is 6.10. The minimum absolute atomic E-state index is 0.283. The number of likely N-dealkylation sites (tertiary alicyclic amines) is 1. The van der Waals surface area contributed by atoms with Gasteiger partial charge in [0.2, 0.25) is 0 Å². The maximum atomic E-state index is 9.81. The van der Waals surface area contributed by atoms with Crippen molar-refractivity contribution < 1.29 is 5.11 Å². The molecule has 1 unspecified atom stereocenters. The minimum atomic E-state index is 0.283. The molecule has 2 heterocycles. The average Bonchev–Trinajstić information content (AvgIpc) is 2.91. The summed E-state index contributed by atoms with van der Waals surface area (Å²) in [7, 11) is 0. The molecule has 0 bridgehead atoms. The van der Waals surface area contributed by atoms with Crippen LogP contribution in [0.15, 0.2) is 12.1 Å². The lowest BCUT2D eigenvalue weighted by Gasteiger charge is -2.31. The maximum absolute atomic E-state index is 9.81. The normalized spacial score (nSPS) is 17.8. The maximum Gasteiger partial charge on any atom is 0.138 e. The Morgan fingerprint density at radius 1 is 1.30 bits per heavy atom. The van der Waals surface area contributed by atoms with Gasteiger partial charge in [-0.3, -0.25) is 9.88 Å². The molecule has 1 atom stereocenters. The van der Waals surface area contributed by atoms with Crippen molar-refractivity contribution in [3.63, 3.8) is 0 Å². The Kier molecular flexibility index (Phi) is 5.38. The van der Waals surface area contributed by atoms with E-state index >= 15 is 0 Å². The summed E-state index contributed by atoms with van der Waals surface area (Å²) < 4.78 is 0. The molecule has 0 aliphatic carbocycles. The molecule has 0 spiro atoms. The highest BCUT2D eigenvalue weighted by molar-refractivity contribution is 5.27. The van der Waals surface area contributed by atoms with E-state index in [-0.39, 0.29) is 5.75 Å². The lowest BCUT2D eigenvalue weighted by molar-refractivity contribution is 0.186. The van der Waals surface area contributed by atoms with Crippen LogP contribution in [0.4, 0.5) is 0 Å². The van der Waals surface area contributed by atoms with Gasteiger partial charge in [0.1, 0.15) is 5.75 Å². The lowest BCUT2D eigenvalue weighted by Crippen LogP contribution is -2.44. The number of pyridine rings is 1. The van der Waals surface area contributed by atoms with Gasteiger partial charge in [-0.05, 0) is 50.9 Å². The fraction of sp³-hybridized carbons (Fsp3) is 0.688. The Hall–Kier alpha value is -1.13. The molecule has 1 aliphatic heterocycles. The van der Waals surface area contributed by atoms with Crippen LogP contribution in [0.2, 0.25) is 0 Å². The molecule has 1 aromatic rings. The largest absolute Gasteiger partial charge is 0.506 e. The first-order valence-electron chi connectivity index (χ1n) is 7.68. The summed E-state index contributed by atoms with van der Waals surface area (Å²) >= 11 is 0. The van der Waals surface area contributed by atoms with E-state index in [1.807, 2.05) is 13.0 Å². The van der Waals surface area contributed by atoms with Gasteiger partial charge in [-0.2, -0.15) is 0 Å². The Morgan fingerprint density at radius 3 is 2.65 bits per heavy atom. The van der Waals surface area contributed by atoms with Gasteiger partial charge in [-0.25, -0.2) is 0 Å². The number of rotatable bonds is 6. The predicted octanol–water partition coefficient (Wildman–Crippen LogP) is 2.31. The van der Waals surface area contributed by atoms with E-state index in [1.165, 1.54) is 25.9 Å². The Labute approximate surface area is 122 Å². The molecule has 0 saturated carbocycles. The van der Waals surface area contributed by atoms with Crippen LogP contribution in [0.25, 0.3) is 0 Å². The summed E-state index contributed by atoms with van der Waals surface area (Å²) in [6.07, 6.45) is 2.65. The van der Waals surface area contributed by atoms with E-state index in [0.717, 1.165) is 17.9 Å². The van der Waals surface area contributed by atoms with Gasteiger partial charge in [0.05, 0.1) is 5.69 Å². The van der Waals surface area contributed by atoms with Gasteiger partial charge in [-0.1, -0.05) is 13.8 Å². The van der Waals surface area contributed by atoms with Gasteiger partial charge in [0, 0.05) is 24.8 Å². The van der Waals surface area contributed by atoms with Crippen molar-refractivity contribution in [2.45, 2.75) is 46.2 Å². The van der Waals surface area contributed by atoms with Gasteiger partial charge in [0.25, 0.3) is 0 Å². The standard InChI is InChI=1S/C16H27N3O/c1-12(2)15(19-8-4-5-9-19)11-17-10-14-16(20)7-6-13(3)18-14/h6-7,12,15,17,20H,4-5,8-11H2,1-3H3. The number of aromatic hydroxyl groups is 1. The van der Waals surface area contributed by atoms with E-state index in [1.54, 1.807) is 6.07 Å². The van der Waals surface area contributed by atoms with Crippen molar-refractivity contribution >= 4 is 0 Å². The fourth-order valence-electron chi connectivity index (χ4n) is 2.93. The van der Waals surface area contributed by atoms with Gasteiger partial charge < -0.3 is 10.4 Å². The zero-order valence-corrected chi connectivity index (χ0v) is 12.9. The van der Waals surface area contributed by atoms with Crippen molar-refractivity contribution in [1.82, 2.24) is 15.2 Å². The van der Waals surface area contributed by atoms with Crippen molar-refractivity contribution in [3.05, 3.63) is 23.5 Å². The molecule has 20 heavy (non-hydrogen) atoms. The lowest BCUT2D eigenvalue weighted by atomic mass is 10.0. The SMILES string of the molecule is Cc1ccc(O)c(CNCC(C(C)C)N2CCCC2)n1. The third-order valence-electron chi connectivity index (χ3n) is 4.11. The van der Waals surface area contributed by atoms with E-state index in [4.69, 9.17) is 0 Å². The van der Waals surface area contributed by atoms with Crippen LogP contribution in [0.1, 0.15) is 38.1 Å². The van der Waals surface area contributed by atoms with Crippen molar-refractivity contribution in [1.29, 1.82) is 0 Å². The molecule has 2 N–H and O–H groups in total. The molecule has 112 valence electrons. The van der Waals surface area contributed by atoms with Crippen LogP contribution in [0, 0.1) is 12.8 Å². The number of aryl methyl sites for hydroxylation is 1. The summed E-state index contributed by atoms with van der Waals surface area (Å²) in [6, 6.07) is 4.13. The number of nitrogens with one attached hydrogen (secondary N) is 1. The highest BCUT2D eigenvalue weighted by atomic mass is 16.3.